The second kappa shape index (κ2) is 9.22. The van der Waals surface area contributed by atoms with Crippen molar-refractivity contribution >= 4 is 34.6 Å². The van der Waals surface area contributed by atoms with Gasteiger partial charge in [0.15, 0.2) is 10.8 Å². The van der Waals surface area contributed by atoms with E-state index in [4.69, 9.17) is 22.2 Å². The van der Waals surface area contributed by atoms with Crippen LogP contribution >= 0.6 is 12.2 Å². The lowest BCUT2D eigenvalue weighted by molar-refractivity contribution is -0.138. The molecular formula is C25H23F4N5O2S. The van der Waals surface area contributed by atoms with E-state index in [-0.39, 0.29) is 10.8 Å². The number of piperidine rings is 1. The zero-order valence-corrected chi connectivity index (χ0v) is 20.7. The summed E-state index contributed by atoms with van der Waals surface area (Å²) in [5, 5.41) is 9.08. The number of nitrogens with zero attached hydrogens (tertiary/aromatic N) is 5. The number of nitriles is 1. The van der Waals surface area contributed by atoms with E-state index in [0.717, 1.165) is 30.1 Å². The number of thiocarbonyl (C=S) groups is 1. The maximum atomic E-state index is 14.4. The fourth-order valence-corrected chi connectivity index (χ4v) is 5.57. The number of rotatable bonds is 4. The van der Waals surface area contributed by atoms with Gasteiger partial charge in [0.25, 0.3) is 5.91 Å². The van der Waals surface area contributed by atoms with E-state index in [2.05, 4.69) is 4.98 Å². The summed E-state index contributed by atoms with van der Waals surface area (Å²) in [7, 11) is 1.86. The number of halogens is 4. The molecule has 1 aromatic heterocycles. The number of aromatic nitrogens is 1. The molecule has 3 aliphatic rings. The van der Waals surface area contributed by atoms with Crippen molar-refractivity contribution in [3.05, 3.63) is 47.8 Å². The Morgan fingerprint density at radius 1 is 1.22 bits per heavy atom. The Kier molecular flexibility index (Phi) is 6.32. The second-order valence-corrected chi connectivity index (χ2v) is 9.93. The van der Waals surface area contributed by atoms with Crippen LogP contribution in [0.4, 0.5) is 28.9 Å². The molecule has 1 unspecified atom stereocenters. The summed E-state index contributed by atoms with van der Waals surface area (Å²) in [5.74, 6) is 0.0401. The maximum Gasteiger partial charge on any atom is 0.419 e. The van der Waals surface area contributed by atoms with Crippen LogP contribution in [0.3, 0.4) is 0 Å². The number of carbonyl (C=O) groups is 1. The van der Waals surface area contributed by atoms with E-state index >= 15 is 0 Å². The highest BCUT2D eigenvalue weighted by Gasteiger charge is 2.59. The molecule has 2 atom stereocenters. The molecule has 3 heterocycles. The van der Waals surface area contributed by atoms with E-state index in [1.54, 1.807) is 29.2 Å². The van der Waals surface area contributed by atoms with E-state index in [1.807, 2.05) is 11.9 Å². The predicted molar refractivity (Wildman–Crippen MR) is 131 cm³/mol. The van der Waals surface area contributed by atoms with Crippen LogP contribution in [0.2, 0.25) is 0 Å². The van der Waals surface area contributed by atoms with Crippen molar-refractivity contribution in [3.63, 3.8) is 0 Å². The number of pyridine rings is 1. The SMILES string of the molecule is CN1CC[C@@H](Oc2ccc(N3C(=S)N(c4cnc(C#N)c(C(F)(F)F)c4)C(=O)C34CCC4)cc2)C(F)C1. The highest BCUT2D eigenvalue weighted by molar-refractivity contribution is 7.81. The third-order valence-electron chi connectivity index (χ3n) is 7.20. The van der Waals surface area contributed by atoms with E-state index in [0.29, 0.717) is 37.2 Å². The molecule has 1 aliphatic carbocycles. The van der Waals surface area contributed by atoms with Crippen LogP contribution in [-0.2, 0) is 11.0 Å². The highest BCUT2D eigenvalue weighted by Crippen LogP contribution is 2.48. The average Bonchev–Trinajstić information content (AvgIpc) is 3.07. The van der Waals surface area contributed by atoms with Gasteiger partial charge in [0.2, 0.25) is 0 Å². The van der Waals surface area contributed by atoms with Gasteiger partial charge in [-0.2, -0.15) is 18.4 Å². The highest BCUT2D eigenvalue weighted by atomic mass is 32.1. The molecule has 2 saturated heterocycles. The van der Waals surface area contributed by atoms with Gasteiger partial charge in [-0.15, -0.1) is 0 Å². The number of likely N-dealkylation sites (tertiary alicyclic amines) is 1. The smallest absolute Gasteiger partial charge is 0.419 e. The van der Waals surface area contributed by atoms with Crippen LogP contribution in [0, 0.1) is 11.3 Å². The van der Waals surface area contributed by atoms with Crippen LogP contribution in [-0.4, -0.2) is 58.9 Å². The standard InChI is InChI=1S/C25H23F4N5O2S/c1-32-10-7-21(19(26)14-32)36-17-5-3-15(4-6-17)34-23(37)33(22(35)24(34)8-2-9-24)16-11-18(25(27,28)29)20(12-30)31-13-16/h3-6,11,13,19,21H,2,7-10,14H2,1H3/t19?,21-/m1/s1. The van der Waals surface area contributed by atoms with Gasteiger partial charge in [0.1, 0.15) is 29.6 Å². The van der Waals surface area contributed by atoms with Crippen molar-refractivity contribution in [3.8, 4) is 11.8 Å². The van der Waals surface area contributed by atoms with Gasteiger partial charge in [-0.3, -0.25) is 9.69 Å². The van der Waals surface area contributed by atoms with Gasteiger partial charge >= 0.3 is 6.18 Å². The van der Waals surface area contributed by atoms with Crippen molar-refractivity contribution in [2.45, 2.75) is 49.7 Å². The minimum atomic E-state index is -4.82. The fraction of sp³-hybridized carbons (Fsp3) is 0.440. The van der Waals surface area contributed by atoms with Gasteiger partial charge in [0, 0.05) is 18.8 Å². The number of anilines is 2. The minimum Gasteiger partial charge on any atom is -0.487 e. The molecule has 2 aromatic rings. The molecule has 12 heteroatoms. The summed E-state index contributed by atoms with van der Waals surface area (Å²) < 4.78 is 60.9. The average molecular weight is 534 g/mol. The molecule has 2 aliphatic heterocycles. The molecule has 1 saturated carbocycles. The maximum absolute atomic E-state index is 14.4. The Morgan fingerprint density at radius 3 is 2.49 bits per heavy atom. The topological polar surface area (TPSA) is 72.7 Å². The van der Waals surface area contributed by atoms with E-state index < -0.39 is 41.2 Å². The molecule has 0 radical (unpaired) electrons. The molecule has 1 amide bonds. The third kappa shape index (κ3) is 4.30. The first-order valence-corrected chi connectivity index (χ1v) is 12.2. The molecule has 5 rings (SSSR count). The minimum absolute atomic E-state index is 0.0251. The Bertz CT molecular complexity index is 1280. The molecule has 7 nitrogen and oxygen atoms in total. The van der Waals surface area contributed by atoms with Gasteiger partial charge < -0.3 is 14.5 Å². The Balaban J connectivity index is 1.43. The van der Waals surface area contributed by atoms with Crippen LogP contribution in [0.5, 0.6) is 5.75 Å². The fourth-order valence-electron chi connectivity index (χ4n) is 5.11. The third-order valence-corrected chi connectivity index (χ3v) is 7.57. The van der Waals surface area contributed by atoms with Gasteiger partial charge in [-0.05, 0) is 75.3 Å². The molecule has 3 fully saturated rings. The summed E-state index contributed by atoms with van der Waals surface area (Å²) in [6.07, 6.45) is -3.17. The van der Waals surface area contributed by atoms with Crippen molar-refractivity contribution in [2.24, 2.45) is 0 Å². The van der Waals surface area contributed by atoms with Crippen molar-refractivity contribution in [1.29, 1.82) is 5.26 Å². The Morgan fingerprint density at radius 2 is 1.92 bits per heavy atom. The lowest BCUT2D eigenvalue weighted by Crippen LogP contribution is -2.55. The van der Waals surface area contributed by atoms with Gasteiger partial charge in [-0.25, -0.2) is 9.37 Å². The number of hydrogen-bond acceptors (Lipinski definition) is 6. The first-order chi connectivity index (χ1) is 17.5. The second-order valence-electron chi connectivity index (χ2n) is 9.56. The first kappa shape index (κ1) is 25.4. The van der Waals surface area contributed by atoms with Crippen LogP contribution in [0.15, 0.2) is 36.5 Å². The molecule has 194 valence electrons. The molecule has 0 N–H and O–H groups in total. The van der Waals surface area contributed by atoms with E-state index in [9.17, 15) is 22.4 Å². The molecular weight excluding hydrogens is 510 g/mol. The molecule has 37 heavy (non-hydrogen) atoms. The quantitative estimate of drug-likeness (QED) is 0.425. The summed E-state index contributed by atoms with van der Waals surface area (Å²) in [5.41, 5.74) is -2.59. The number of alkyl halides is 4. The summed E-state index contributed by atoms with van der Waals surface area (Å²) in [6, 6.07) is 8.94. The molecule has 1 aromatic carbocycles. The summed E-state index contributed by atoms with van der Waals surface area (Å²) in [4.78, 5) is 21.8. The van der Waals surface area contributed by atoms with Crippen LogP contribution < -0.4 is 14.5 Å². The normalized spacial score (nSPS) is 23.8. The number of ether oxygens (including phenoxy) is 1. The zero-order valence-electron chi connectivity index (χ0n) is 19.8. The number of hydrogen-bond donors (Lipinski definition) is 0. The monoisotopic (exact) mass is 533 g/mol. The van der Waals surface area contributed by atoms with Crippen molar-refractivity contribution in [1.82, 2.24) is 9.88 Å². The van der Waals surface area contributed by atoms with E-state index in [1.165, 1.54) is 6.07 Å². The predicted octanol–water partition coefficient (Wildman–Crippen LogP) is 4.45. The Hall–Kier alpha value is -3.30. The van der Waals surface area contributed by atoms with Crippen LogP contribution in [0.25, 0.3) is 0 Å². The summed E-state index contributed by atoms with van der Waals surface area (Å²) >= 11 is 5.61. The number of amides is 1. The van der Waals surface area contributed by atoms with Gasteiger partial charge in [-0.1, -0.05) is 0 Å². The molecule has 1 spiro atoms. The lowest BCUT2D eigenvalue weighted by Gasteiger charge is -2.43. The number of benzene rings is 1. The number of carbonyl (C=O) groups excluding carboxylic acids is 1. The van der Waals surface area contributed by atoms with Crippen molar-refractivity contribution < 1.29 is 27.1 Å². The lowest BCUT2D eigenvalue weighted by atomic mass is 9.75. The Labute approximate surface area is 216 Å². The first-order valence-electron chi connectivity index (χ1n) is 11.8. The largest absolute Gasteiger partial charge is 0.487 e. The zero-order chi connectivity index (χ0) is 26.5. The van der Waals surface area contributed by atoms with Gasteiger partial charge in [0.05, 0.1) is 17.4 Å². The van der Waals surface area contributed by atoms with Crippen LogP contribution in [0.1, 0.15) is 36.9 Å². The van der Waals surface area contributed by atoms with Crippen molar-refractivity contribution in [2.75, 3.05) is 29.9 Å². The summed E-state index contributed by atoms with van der Waals surface area (Å²) in [6.45, 7) is 1.03. The molecule has 0 bridgehead atoms.